The maximum Gasteiger partial charge on any atom is 0.253 e. The van der Waals surface area contributed by atoms with Gasteiger partial charge < -0.3 is 16.0 Å². The van der Waals surface area contributed by atoms with Gasteiger partial charge in [-0.25, -0.2) is 0 Å². The van der Waals surface area contributed by atoms with Gasteiger partial charge in [-0.1, -0.05) is 50.2 Å². The lowest BCUT2D eigenvalue weighted by atomic mass is 10.0. The first-order valence-electron chi connectivity index (χ1n) is 10.5. The first-order valence-corrected chi connectivity index (χ1v) is 10.5. The second-order valence-electron chi connectivity index (χ2n) is 8.16. The first kappa shape index (κ1) is 20.0. The number of nitrogens with one attached hydrogen (secondary N) is 3. The molecule has 154 valence electrons. The summed E-state index contributed by atoms with van der Waals surface area (Å²) < 4.78 is 0. The summed E-state index contributed by atoms with van der Waals surface area (Å²) in [4.78, 5) is 25.1. The van der Waals surface area contributed by atoms with E-state index in [9.17, 15) is 9.59 Å². The van der Waals surface area contributed by atoms with Crippen LogP contribution >= 0.6 is 0 Å². The minimum atomic E-state index is -0.192. The van der Waals surface area contributed by atoms with Crippen LogP contribution in [0.2, 0.25) is 0 Å². The summed E-state index contributed by atoms with van der Waals surface area (Å²) in [6.07, 6.45) is 2.15. The summed E-state index contributed by atoms with van der Waals surface area (Å²) in [5, 5.41) is 11.5. The van der Waals surface area contributed by atoms with E-state index in [1.807, 2.05) is 26.0 Å². The Bertz CT molecular complexity index is 1090. The van der Waals surface area contributed by atoms with Crippen LogP contribution in [-0.4, -0.2) is 24.9 Å². The molecule has 0 radical (unpaired) electrons. The fourth-order valence-electron chi connectivity index (χ4n) is 3.95. The predicted molar refractivity (Wildman–Crippen MR) is 122 cm³/mol. The smallest absolute Gasteiger partial charge is 0.253 e. The van der Waals surface area contributed by atoms with Gasteiger partial charge in [-0.05, 0) is 53.5 Å². The minimum Gasteiger partial charge on any atom is -0.376 e. The van der Waals surface area contributed by atoms with Gasteiger partial charge in [0.2, 0.25) is 5.91 Å². The van der Waals surface area contributed by atoms with Gasteiger partial charge in [0, 0.05) is 17.6 Å². The van der Waals surface area contributed by atoms with Crippen LogP contribution in [0.15, 0.2) is 54.6 Å². The normalized spacial score (nSPS) is 12.2. The molecule has 0 atom stereocenters. The monoisotopic (exact) mass is 401 g/mol. The molecular formula is C25H27N3O2. The molecule has 2 amide bonds. The van der Waals surface area contributed by atoms with Crippen LogP contribution in [0.3, 0.4) is 0 Å². The Morgan fingerprint density at radius 3 is 2.47 bits per heavy atom. The summed E-state index contributed by atoms with van der Waals surface area (Å²) in [7, 11) is 0. The number of carbonyl (C=O) groups excluding carboxylic acids is 2. The molecule has 1 aliphatic rings. The van der Waals surface area contributed by atoms with Crippen LogP contribution in [0.1, 0.15) is 35.3 Å². The van der Waals surface area contributed by atoms with Gasteiger partial charge in [-0.2, -0.15) is 0 Å². The second-order valence-corrected chi connectivity index (χ2v) is 8.16. The van der Waals surface area contributed by atoms with E-state index in [1.54, 1.807) is 18.2 Å². The Labute approximate surface area is 176 Å². The van der Waals surface area contributed by atoms with Crippen molar-refractivity contribution in [3.8, 4) is 0 Å². The molecule has 0 aliphatic heterocycles. The topological polar surface area (TPSA) is 70.2 Å². The second kappa shape index (κ2) is 8.57. The van der Waals surface area contributed by atoms with Crippen LogP contribution in [0, 0.1) is 5.92 Å². The van der Waals surface area contributed by atoms with Crippen molar-refractivity contribution in [2.45, 2.75) is 26.7 Å². The van der Waals surface area contributed by atoms with Gasteiger partial charge in [0.15, 0.2) is 0 Å². The van der Waals surface area contributed by atoms with E-state index >= 15 is 0 Å². The highest BCUT2D eigenvalue weighted by Crippen LogP contribution is 2.34. The number of benzene rings is 3. The third kappa shape index (κ3) is 4.15. The highest BCUT2D eigenvalue weighted by atomic mass is 16.2. The molecule has 3 aromatic carbocycles. The van der Waals surface area contributed by atoms with Gasteiger partial charge in [-0.15, -0.1) is 0 Å². The molecule has 0 heterocycles. The molecule has 0 saturated carbocycles. The number of rotatable bonds is 7. The zero-order valence-corrected chi connectivity index (χ0v) is 17.4. The summed E-state index contributed by atoms with van der Waals surface area (Å²) in [5.41, 5.74) is 4.69. The SMILES string of the molecule is CC(C)CNC(=O)c1ccccc1NC(=O)CNc1ccc2c3c(cccc13)CC2. The van der Waals surface area contributed by atoms with E-state index in [2.05, 4.69) is 40.2 Å². The maximum atomic E-state index is 12.6. The number of anilines is 2. The third-order valence-electron chi connectivity index (χ3n) is 5.43. The number of aryl methyl sites for hydroxylation is 2. The quantitative estimate of drug-likeness (QED) is 0.550. The van der Waals surface area contributed by atoms with E-state index in [0.717, 1.165) is 23.9 Å². The Hall–Kier alpha value is -3.34. The van der Waals surface area contributed by atoms with E-state index < -0.39 is 0 Å². The molecule has 0 bridgehead atoms. The standard InChI is InChI=1S/C25H27N3O2/c1-16(2)14-27-25(30)20-7-3-4-9-22(20)28-23(29)15-26-21-13-12-18-11-10-17-6-5-8-19(21)24(17)18/h3-9,12-13,16,26H,10-11,14-15H2,1-2H3,(H,27,30)(H,28,29). The van der Waals surface area contributed by atoms with Crippen molar-refractivity contribution < 1.29 is 9.59 Å². The number of amides is 2. The Kier molecular flexibility index (Phi) is 5.70. The predicted octanol–water partition coefficient (Wildman–Crippen LogP) is 4.37. The molecule has 0 unspecified atom stereocenters. The molecule has 3 aromatic rings. The minimum absolute atomic E-state index is 0.126. The number of hydrogen-bond acceptors (Lipinski definition) is 3. The van der Waals surface area contributed by atoms with Crippen LogP contribution in [0.25, 0.3) is 10.8 Å². The average Bonchev–Trinajstić information content (AvgIpc) is 3.17. The lowest BCUT2D eigenvalue weighted by Crippen LogP contribution is -2.29. The molecule has 4 rings (SSSR count). The highest BCUT2D eigenvalue weighted by Gasteiger charge is 2.17. The molecule has 3 N–H and O–H groups in total. The Morgan fingerprint density at radius 2 is 1.67 bits per heavy atom. The Balaban J connectivity index is 1.44. The van der Waals surface area contributed by atoms with Gasteiger partial charge in [0.25, 0.3) is 5.91 Å². The van der Waals surface area contributed by atoms with Crippen molar-refractivity contribution in [3.63, 3.8) is 0 Å². The van der Waals surface area contributed by atoms with Crippen molar-refractivity contribution in [3.05, 3.63) is 71.3 Å². The van der Waals surface area contributed by atoms with Crippen LogP contribution < -0.4 is 16.0 Å². The highest BCUT2D eigenvalue weighted by molar-refractivity contribution is 6.05. The van der Waals surface area contributed by atoms with E-state index in [4.69, 9.17) is 0 Å². The van der Waals surface area contributed by atoms with E-state index in [1.165, 1.54) is 16.5 Å². The van der Waals surface area contributed by atoms with Gasteiger partial charge in [0.1, 0.15) is 0 Å². The van der Waals surface area contributed by atoms with Crippen LogP contribution in [0.5, 0.6) is 0 Å². The molecule has 0 saturated heterocycles. The largest absolute Gasteiger partial charge is 0.376 e. The van der Waals surface area contributed by atoms with Gasteiger partial charge in [0.05, 0.1) is 17.8 Å². The fraction of sp³-hybridized carbons (Fsp3) is 0.280. The Morgan fingerprint density at radius 1 is 0.900 bits per heavy atom. The maximum absolute atomic E-state index is 12.6. The molecule has 0 fully saturated rings. The number of carbonyl (C=O) groups is 2. The summed E-state index contributed by atoms with van der Waals surface area (Å²) >= 11 is 0. The van der Waals surface area contributed by atoms with Crippen molar-refractivity contribution in [1.82, 2.24) is 5.32 Å². The summed E-state index contributed by atoms with van der Waals surface area (Å²) in [5.74, 6) is -0.0138. The summed E-state index contributed by atoms with van der Waals surface area (Å²) in [6, 6.07) is 17.6. The molecule has 1 aliphatic carbocycles. The van der Waals surface area contributed by atoms with Crippen LogP contribution in [-0.2, 0) is 17.6 Å². The zero-order valence-electron chi connectivity index (χ0n) is 17.4. The molecule has 0 aromatic heterocycles. The summed E-state index contributed by atoms with van der Waals surface area (Å²) in [6.45, 7) is 4.80. The third-order valence-corrected chi connectivity index (χ3v) is 5.43. The lowest BCUT2D eigenvalue weighted by molar-refractivity contribution is -0.114. The lowest BCUT2D eigenvalue weighted by Gasteiger charge is -2.14. The first-order chi connectivity index (χ1) is 14.5. The van der Waals surface area contributed by atoms with Gasteiger partial charge >= 0.3 is 0 Å². The molecule has 5 nitrogen and oxygen atoms in total. The van der Waals surface area contributed by atoms with Crippen molar-refractivity contribution in [2.24, 2.45) is 5.92 Å². The zero-order chi connectivity index (χ0) is 21.1. The molecule has 0 spiro atoms. The van der Waals surface area contributed by atoms with Crippen molar-refractivity contribution in [1.29, 1.82) is 0 Å². The molecule has 30 heavy (non-hydrogen) atoms. The van der Waals surface area contributed by atoms with Crippen molar-refractivity contribution >= 4 is 34.0 Å². The van der Waals surface area contributed by atoms with Crippen molar-refractivity contribution in [2.75, 3.05) is 23.7 Å². The number of hydrogen-bond donors (Lipinski definition) is 3. The van der Waals surface area contributed by atoms with E-state index in [-0.39, 0.29) is 18.4 Å². The van der Waals surface area contributed by atoms with Gasteiger partial charge in [-0.3, -0.25) is 9.59 Å². The molecular weight excluding hydrogens is 374 g/mol. The van der Waals surface area contributed by atoms with E-state index in [0.29, 0.717) is 23.7 Å². The average molecular weight is 402 g/mol. The molecule has 5 heteroatoms. The fourth-order valence-corrected chi connectivity index (χ4v) is 3.95. The van der Waals surface area contributed by atoms with Crippen LogP contribution in [0.4, 0.5) is 11.4 Å². The number of para-hydroxylation sites is 1.